The summed E-state index contributed by atoms with van der Waals surface area (Å²) < 4.78 is 5.49. The molecule has 0 unspecified atom stereocenters. The average Bonchev–Trinajstić information content (AvgIpc) is 3.13. The number of carbonyl (C=O) groups excluding carboxylic acids is 4. The van der Waals surface area contributed by atoms with Gasteiger partial charge in [-0.25, -0.2) is 14.7 Å². The number of imide groups is 1. The molecule has 5 rings (SSSR count). The fraction of sp³-hybridized carbons (Fsp3) is 0.111. The molecule has 1 aliphatic rings. The Balaban J connectivity index is 1.36. The zero-order valence-electron chi connectivity index (χ0n) is 19.8. The maximum Gasteiger partial charge on any atom is 0.338 e. The molecule has 0 aliphatic carbocycles. The summed E-state index contributed by atoms with van der Waals surface area (Å²) in [6, 6.07) is 17.2. The Morgan fingerprint density at radius 2 is 1.65 bits per heavy atom. The summed E-state index contributed by atoms with van der Waals surface area (Å²) in [6.07, 6.45) is -0.881. The van der Waals surface area contributed by atoms with Gasteiger partial charge in [-0.3, -0.25) is 19.2 Å². The van der Waals surface area contributed by atoms with Crippen LogP contribution in [0.1, 0.15) is 56.8 Å². The van der Waals surface area contributed by atoms with Crippen LogP contribution < -0.4 is 15.8 Å². The summed E-state index contributed by atoms with van der Waals surface area (Å²) >= 11 is 0. The molecule has 3 amide bonds. The number of nitrogens with one attached hydrogen (secondary N) is 2. The van der Waals surface area contributed by atoms with Crippen LogP contribution in [0.15, 0.2) is 71.5 Å². The number of amides is 3. The van der Waals surface area contributed by atoms with Gasteiger partial charge in [-0.1, -0.05) is 12.1 Å². The molecule has 0 bridgehead atoms. The number of nitrogens with zero attached hydrogens (tertiary/aromatic N) is 2. The normalized spacial score (nSPS) is 13.4. The van der Waals surface area contributed by atoms with E-state index in [2.05, 4.69) is 15.3 Å². The lowest BCUT2D eigenvalue weighted by atomic mass is 10.1. The monoisotopic (exact) mass is 496 g/mol. The second-order valence-corrected chi connectivity index (χ2v) is 8.45. The highest BCUT2D eigenvalue weighted by molar-refractivity contribution is 6.34. The van der Waals surface area contributed by atoms with Gasteiger partial charge >= 0.3 is 5.97 Å². The molecule has 2 heterocycles. The number of H-pyrrole nitrogens is 1. The Morgan fingerprint density at radius 3 is 2.38 bits per heavy atom. The lowest BCUT2D eigenvalue weighted by molar-refractivity contribution is -0.114. The lowest BCUT2D eigenvalue weighted by Gasteiger charge is -2.14. The van der Waals surface area contributed by atoms with Crippen LogP contribution in [0.5, 0.6) is 0 Å². The largest absolute Gasteiger partial charge is 0.451 e. The molecule has 0 spiro atoms. The second kappa shape index (κ2) is 9.15. The fourth-order valence-corrected chi connectivity index (χ4v) is 4.08. The van der Waals surface area contributed by atoms with Crippen LogP contribution in [0.3, 0.4) is 0 Å². The van der Waals surface area contributed by atoms with Crippen molar-refractivity contribution in [3.8, 4) is 0 Å². The highest BCUT2D eigenvalue weighted by Crippen LogP contribution is 2.30. The molecule has 1 aromatic heterocycles. The molecule has 1 aliphatic heterocycles. The first-order chi connectivity index (χ1) is 17.7. The van der Waals surface area contributed by atoms with Crippen molar-refractivity contribution >= 4 is 46.0 Å². The predicted octanol–water partition coefficient (Wildman–Crippen LogP) is 3.60. The van der Waals surface area contributed by atoms with Gasteiger partial charge in [-0.05, 0) is 61.5 Å². The van der Waals surface area contributed by atoms with E-state index in [0.717, 1.165) is 4.90 Å². The van der Waals surface area contributed by atoms with Gasteiger partial charge in [0.2, 0.25) is 5.91 Å². The van der Waals surface area contributed by atoms with Crippen molar-refractivity contribution in [3.05, 3.63) is 99.6 Å². The van der Waals surface area contributed by atoms with E-state index >= 15 is 0 Å². The maximum atomic E-state index is 13.1. The number of ether oxygens (including phenoxy) is 1. The van der Waals surface area contributed by atoms with E-state index in [4.69, 9.17) is 4.74 Å². The topological polar surface area (TPSA) is 139 Å². The first-order valence-electron chi connectivity index (χ1n) is 11.3. The molecule has 4 aromatic rings. The van der Waals surface area contributed by atoms with Gasteiger partial charge in [0.15, 0.2) is 11.9 Å². The smallest absolute Gasteiger partial charge is 0.338 e. The third kappa shape index (κ3) is 4.36. The molecule has 0 saturated carbocycles. The molecular formula is C27H20N4O6. The van der Waals surface area contributed by atoms with Crippen molar-refractivity contribution < 1.29 is 23.9 Å². The van der Waals surface area contributed by atoms with Crippen molar-refractivity contribution in [1.29, 1.82) is 0 Å². The standard InChI is InChI=1S/C27H20N4O6/c1-14(23-29-22-6-4-3-5-20(22)24(33)30-23)37-27(36)16-7-12-19-21(13-16)26(35)31(25(19)34)18-10-8-17(9-11-18)28-15(2)32/h3-14H,1-2H3,(H,28,32)(H,29,30,33)/t14-/m1/s1. The summed E-state index contributed by atoms with van der Waals surface area (Å²) in [5, 5.41) is 3.04. The number of anilines is 2. The van der Waals surface area contributed by atoms with Gasteiger partial charge in [0.1, 0.15) is 0 Å². The Hall–Kier alpha value is -5.12. The Bertz CT molecular complexity index is 1660. The van der Waals surface area contributed by atoms with Crippen LogP contribution in [0.4, 0.5) is 11.4 Å². The third-order valence-corrected chi connectivity index (χ3v) is 5.87. The van der Waals surface area contributed by atoms with Crippen LogP contribution in [0.25, 0.3) is 10.9 Å². The molecule has 0 radical (unpaired) electrons. The Labute approximate surface area is 209 Å². The molecule has 2 N–H and O–H groups in total. The number of esters is 1. The zero-order chi connectivity index (χ0) is 26.3. The third-order valence-electron chi connectivity index (χ3n) is 5.87. The summed E-state index contributed by atoms with van der Waals surface area (Å²) in [7, 11) is 0. The summed E-state index contributed by atoms with van der Waals surface area (Å²) in [5.74, 6) is -1.93. The molecule has 0 saturated heterocycles. The average molecular weight is 496 g/mol. The maximum absolute atomic E-state index is 13.1. The summed E-state index contributed by atoms with van der Waals surface area (Å²) in [6.45, 7) is 2.94. The molecule has 1 atom stereocenters. The highest BCUT2D eigenvalue weighted by atomic mass is 16.5. The van der Waals surface area contributed by atoms with E-state index in [1.54, 1.807) is 55.5 Å². The van der Waals surface area contributed by atoms with Crippen LogP contribution in [0, 0.1) is 0 Å². The van der Waals surface area contributed by atoms with Gasteiger partial charge in [0.05, 0.1) is 33.3 Å². The van der Waals surface area contributed by atoms with E-state index in [9.17, 15) is 24.0 Å². The van der Waals surface area contributed by atoms with Crippen LogP contribution in [0.2, 0.25) is 0 Å². The number of aromatic amines is 1. The lowest BCUT2D eigenvalue weighted by Crippen LogP contribution is -2.29. The highest BCUT2D eigenvalue weighted by Gasteiger charge is 2.37. The molecule has 10 heteroatoms. The van der Waals surface area contributed by atoms with Gasteiger partial charge in [-0.2, -0.15) is 0 Å². The quantitative estimate of drug-likeness (QED) is 0.318. The number of benzene rings is 3. The number of rotatable bonds is 5. The SMILES string of the molecule is CC(=O)Nc1ccc(N2C(=O)c3ccc(C(=O)O[C@H](C)c4nc5ccccc5c(=O)[nH]4)cc3C2=O)cc1. The molecule has 37 heavy (non-hydrogen) atoms. The molecule has 184 valence electrons. The number of carbonyl (C=O) groups is 4. The van der Waals surface area contributed by atoms with Crippen LogP contribution in [-0.4, -0.2) is 33.7 Å². The molecule has 3 aromatic carbocycles. The minimum atomic E-state index is -0.881. The minimum Gasteiger partial charge on any atom is -0.451 e. The summed E-state index contributed by atoms with van der Waals surface area (Å²) in [4.78, 5) is 70.4. The van der Waals surface area contributed by atoms with Crippen LogP contribution in [-0.2, 0) is 9.53 Å². The number of hydrogen-bond acceptors (Lipinski definition) is 7. The van der Waals surface area contributed by atoms with Gasteiger partial charge < -0.3 is 15.0 Å². The van der Waals surface area contributed by atoms with Gasteiger partial charge in [-0.15, -0.1) is 0 Å². The predicted molar refractivity (Wildman–Crippen MR) is 135 cm³/mol. The van der Waals surface area contributed by atoms with Crippen molar-refractivity contribution in [3.63, 3.8) is 0 Å². The Morgan fingerprint density at radius 1 is 0.946 bits per heavy atom. The number of fused-ring (bicyclic) bond motifs is 2. The number of aromatic nitrogens is 2. The minimum absolute atomic E-state index is 0.0651. The first-order valence-corrected chi connectivity index (χ1v) is 11.3. The zero-order valence-corrected chi connectivity index (χ0v) is 19.8. The first kappa shape index (κ1) is 23.6. The van der Waals surface area contributed by atoms with E-state index in [1.807, 2.05) is 0 Å². The number of para-hydroxylation sites is 1. The molecular weight excluding hydrogens is 476 g/mol. The second-order valence-electron chi connectivity index (χ2n) is 8.45. The molecule has 0 fully saturated rings. The van der Waals surface area contributed by atoms with Crippen molar-refractivity contribution in [2.24, 2.45) is 0 Å². The van der Waals surface area contributed by atoms with Gasteiger partial charge in [0.25, 0.3) is 17.4 Å². The van der Waals surface area contributed by atoms with Crippen molar-refractivity contribution in [2.45, 2.75) is 20.0 Å². The van der Waals surface area contributed by atoms with E-state index in [1.165, 1.54) is 25.1 Å². The number of hydrogen-bond donors (Lipinski definition) is 2. The molecule has 10 nitrogen and oxygen atoms in total. The van der Waals surface area contributed by atoms with E-state index < -0.39 is 23.9 Å². The van der Waals surface area contributed by atoms with Gasteiger partial charge in [0, 0.05) is 12.6 Å². The fourth-order valence-electron chi connectivity index (χ4n) is 4.08. The summed E-state index contributed by atoms with van der Waals surface area (Å²) in [5.41, 5.74) is 1.25. The van der Waals surface area contributed by atoms with E-state index in [-0.39, 0.29) is 34.0 Å². The van der Waals surface area contributed by atoms with E-state index in [0.29, 0.717) is 22.3 Å². The Kier molecular flexibility index (Phi) is 5.84. The van der Waals surface area contributed by atoms with Crippen molar-refractivity contribution in [1.82, 2.24) is 9.97 Å². The van der Waals surface area contributed by atoms with Crippen LogP contribution >= 0.6 is 0 Å². The van der Waals surface area contributed by atoms with Crippen molar-refractivity contribution in [2.75, 3.05) is 10.2 Å².